The van der Waals surface area contributed by atoms with E-state index in [9.17, 15) is 5.11 Å². The maximum absolute atomic E-state index is 9.98. The van der Waals surface area contributed by atoms with Gasteiger partial charge in [0, 0.05) is 31.0 Å². The number of rotatable bonds is 5. The quantitative estimate of drug-likeness (QED) is 0.795. The summed E-state index contributed by atoms with van der Waals surface area (Å²) in [6.07, 6.45) is 3.77. The molecule has 1 rings (SSSR count). The van der Waals surface area contributed by atoms with Crippen molar-refractivity contribution in [2.24, 2.45) is 0 Å². The monoisotopic (exact) mass is 225 g/mol. The summed E-state index contributed by atoms with van der Waals surface area (Å²) in [4.78, 5) is 4.17. The van der Waals surface area contributed by atoms with Crippen LogP contribution in [0.15, 0.2) is 12.4 Å². The van der Waals surface area contributed by atoms with Gasteiger partial charge in [0.25, 0.3) is 0 Å². The van der Waals surface area contributed by atoms with E-state index in [4.69, 9.17) is 0 Å². The minimum absolute atomic E-state index is 0.304. The van der Waals surface area contributed by atoms with E-state index in [-0.39, 0.29) is 5.54 Å². The average molecular weight is 225 g/mol. The number of aromatic nitrogens is 2. The van der Waals surface area contributed by atoms with Crippen molar-refractivity contribution in [2.75, 3.05) is 6.54 Å². The number of aliphatic hydroxyl groups is 1. The summed E-state index contributed by atoms with van der Waals surface area (Å²) in [5.41, 5.74) is -1.04. The molecule has 0 amide bonds. The van der Waals surface area contributed by atoms with Gasteiger partial charge < -0.3 is 15.0 Å². The molecule has 0 atom stereocenters. The van der Waals surface area contributed by atoms with Crippen molar-refractivity contribution < 1.29 is 5.11 Å². The molecular weight excluding hydrogens is 202 g/mol. The number of nitrogens with zero attached hydrogens (tertiary/aromatic N) is 2. The molecule has 0 unspecified atom stereocenters. The molecule has 0 saturated heterocycles. The van der Waals surface area contributed by atoms with E-state index in [1.807, 2.05) is 40.8 Å². The van der Waals surface area contributed by atoms with Crippen molar-refractivity contribution in [1.29, 1.82) is 0 Å². The molecule has 16 heavy (non-hydrogen) atoms. The van der Waals surface area contributed by atoms with Crippen molar-refractivity contribution in [3.8, 4) is 0 Å². The first-order valence-corrected chi connectivity index (χ1v) is 5.69. The van der Waals surface area contributed by atoms with Crippen LogP contribution in [0.5, 0.6) is 0 Å². The second-order valence-electron chi connectivity index (χ2n) is 5.28. The summed E-state index contributed by atoms with van der Waals surface area (Å²) < 4.78 is 2.09. The van der Waals surface area contributed by atoms with E-state index in [1.165, 1.54) is 0 Å². The summed E-state index contributed by atoms with van der Waals surface area (Å²) in [7, 11) is 0. The van der Waals surface area contributed by atoms with E-state index >= 15 is 0 Å². The van der Waals surface area contributed by atoms with Gasteiger partial charge in [-0.3, -0.25) is 0 Å². The van der Waals surface area contributed by atoms with Crippen LogP contribution < -0.4 is 5.32 Å². The maximum atomic E-state index is 9.98. The first-order chi connectivity index (χ1) is 7.24. The van der Waals surface area contributed by atoms with Crippen molar-refractivity contribution in [1.82, 2.24) is 14.9 Å². The Morgan fingerprint density at radius 3 is 2.44 bits per heavy atom. The van der Waals surface area contributed by atoms with Crippen LogP contribution in [0.2, 0.25) is 0 Å². The zero-order valence-electron chi connectivity index (χ0n) is 10.9. The lowest BCUT2D eigenvalue weighted by atomic mass is 9.86. The highest BCUT2D eigenvalue weighted by Gasteiger charge is 2.34. The number of imidazole rings is 1. The lowest BCUT2D eigenvalue weighted by Gasteiger charge is -2.38. The van der Waals surface area contributed by atoms with Gasteiger partial charge in [0.05, 0.1) is 5.60 Å². The highest BCUT2D eigenvalue weighted by molar-refractivity contribution is 4.94. The van der Waals surface area contributed by atoms with Gasteiger partial charge in [-0.1, -0.05) is 0 Å². The molecule has 4 nitrogen and oxygen atoms in total. The Bertz CT molecular complexity index is 336. The van der Waals surface area contributed by atoms with Gasteiger partial charge in [-0.15, -0.1) is 0 Å². The molecule has 0 saturated carbocycles. The van der Waals surface area contributed by atoms with Gasteiger partial charge >= 0.3 is 0 Å². The summed E-state index contributed by atoms with van der Waals surface area (Å²) in [6.45, 7) is 11.3. The smallest absolute Gasteiger partial charge is 0.105 e. The molecule has 1 heterocycles. The van der Waals surface area contributed by atoms with Gasteiger partial charge in [-0.2, -0.15) is 0 Å². The third kappa shape index (κ3) is 3.06. The Morgan fingerprint density at radius 1 is 1.38 bits per heavy atom. The molecule has 0 spiro atoms. The van der Waals surface area contributed by atoms with Crippen molar-refractivity contribution in [3.05, 3.63) is 18.2 Å². The van der Waals surface area contributed by atoms with Crippen LogP contribution in [0.25, 0.3) is 0 Å². The summed E-state index contributed by atoms with van der Waals surface area (Å²) in [6, 6.07) is 0. The molecule has 0 aliphatic rings. The highest BCUT2D eigenvalue weighted by Crippen LogP contribution is 2.20. The summed E-state index contributed by atoms with van der Waals surface area (Å²) >= 11 is 0. The molecular formula is C12H23N3O. The van der Waals surface area contributed by atoms with Gasteiger partial charge in [-0.25, -0.2) is 4.98 Å². The summed E-state index contributed by atoms with van der Waals surface area (Å²) in [5, 5.41) is 13.3. The molecule has 2 N–H and O–H groups in total. The molecule has 1 aromatic heterocycles. The first kappa shape index (κ1) is 13.2. The molecule has 4 heteroatoms. The molecule has 0 bridgehead atoms. The van der Waals surface area contributed by atoms with Crippen molar-refractivity contribution in [2.45, 2.75) is 52.3 Å². The Balaban J connectivity index is 2.45. The fraction of sp³-hybridized carbons (Fsp3) is 0.750. The second-order valence-corrected chi connectivity index (χ2v) is 5.28. The molecule has 1 aromatic rings. The van der Waals surface area contributed by atoms with Crippen LogP contribution in [-0.2, 0) is 6.54 Å². The third-order valence-corrected chi connectivity index (χ3v) is 3.37. The molecule has 0 aromatic carbocycles. The van der Waals surface area contributed by atoms with E-state index < -0.39 is 5.60 Å². The van der Waals surface area contributed by atoms with Gasteiger partial charge in [0.1, 0.15) is 5.82 Å². The Hall–Kier alpha value is -0.870. The summed E-state index contributed by atoms with van der Waals surface area (Å²) in [5.74, 6) is 1.02. The molecule has 92 valence electrons. The number of hydrogen-bond acceptors (Lipinski definition) is 3. The Labute approximate surface area is 97.7 Å². The highest BCUT2D eigenvalue weighted by atomic mass is 16.3. The third-order valence-electron chi connectivity index (χ3n) is 3.37. The lowest BCUT2D eigenvalue weighted by Crippen LogP contribution is -2.56. The van der Waals surface area contributed by atoms with Gasteiger partial charge in [0.15, 0.2) is 0 Å². The topological polar surface area (TPSA) is 50.1 Å². The second kappa shape index (κ2) is 4.55. The largest absolute Gasteiger partial charge is 0.389 e. The SMILES string of the molecule is Cc1nccn1CCNC(C)(C)C(C)(C)O. The lowest BCUT2D eigenvalue weighted by molar-refractivity contribution is -0.00462. The zero-order valence-corrected chi connectivity index (χ0v) is 10.9. The minimum atomic E-state index is -0.739. The van der Waals surface area contributed by atoms with E-state index in [2.05, 4.69) is 14.9 Å². The van der Waals surface area contributed by atoms with Crippen molar-refractivity contribution in [3.63, 3.8) is 0 Å². The van der Waals surface area contributed by atoms with Crippen molar-refractivity contribution >= 4 is 0 Å². The average Bonchev–Trinajstić information content (AvgIpc) is 2.49. The first-order valence-electron chi connectivity index (χ1n) is 5.69. The standard InChI is InChI=1S/C12H23N3O/c1-10-13-6-8-15(10)9-7-14-11(2,3)12(4,5)16/h6,8,14,16H,7,9H2,1-5H3. The number of aryl methyl sites for hydroxylation is 1. The van der Waals surface area contributed by atoms with Crippen LogP contribution >= 0.6 is 0 Å². The van der Waals surface area contributed by atoms with Crippen LogP contribution in [-0.4, -0.2) is 32.3 Å². The minimum Gasteiger partial charge on any atom is -0.389 e. The van der Waals surface area contributed by atoms with Crippen LogP contribution in [0, 0.1) is 6.92 Å². The Kier molecular flexibility index (Phi) is 3.76. The normalized spacial score (nSPS) is 13.1. The van der Waals surface area contributed by atoms with E-state index in [0.717, 1.165) is 18.9 Å². The van der Waals surface area contributed by atoms with Gasteiger partial charge in [0.2, 0.25) is 0 Å². The van der Waals surface area contributed by atoms with Crippen LogP contribution in [0.4, 0.5) is 0 Å². The van der Waals surface area contributed by atoms with Crippen LogP contribution in [0.3, 0.4) is 0 Å². The zero-order chi connectivity index (χ0) is 12.4. The Morgan fingerprint density at radius 2 is 2.00 bits per heavy atom. The molecule has 0 aliphatic heterocycles. The number of hydrogen-bond donors (Lipinski definition) is 2. The van der Waals surface area contributed by atoms with Gasteiger partial charge in [-0.05, 0) is 34.6 Å². The predicted molar refractivity (Wildman–Crippen MR) is 65.3 cm³/mol. The molecule has 0 radical (unpaired) electrons. The number of nitrogens with one attached hydrogen (secondary N) is 1. The molecule has 0 aliphatic carbocycles. The van der Waals surface area contributed by atoms with E-state index in [1.54, 1.807) is 6.20 Å². The van der Waals surface area contributed by atoms with E-state index in [0.29, 0.717) is 0 Å². The fourth-order valence-corrected chi connectivity index (χ4v) is 1.35. The maximum Gasteiger partial charge on any atom is 0.105 e. The molecule has 0 fully saturated rings. The van der Waals surface area contributed by atoms with Crippen LogP contribution in [0.1, 0.15) is 33.5 Å². The fourth-order valence-electron chi connectivity index (χ4n) is 1.35. The predicted octanol–water partition coefficient (Wildman–Crippen LogP) is 1.33.